The van der Waals surface area contributed by atoms with Gasteiger partial charge in [-0.3, -0.25) is 9.59 Å². The van der Waals surface area contributed by atoms with Gasteiger partial charge >= 0.3 is 5.97 Å². The van der Waals surface area contributed by atoms with Gasteiger partial charge in [-0.05, 0) is 36.1 Å². The Kier molecular flexibility index (Phi) is 3.78. The highest BCUT2D eigenvalue weighted by Crippen LogP contribution is 2.39. The molecule has 0 saturated heterocycles. The van der Waals surface area contributed by atoms with Crippen LogP contribution in [0.2, 0.25) is 0 Å². The first-order chi connectivity index (χ1) is 13.9. The van der Waals surface area contributed by atoms with Crippen molar-refractivity contribution in [3.8, 4) is 17.1 Å². The highest BCUT2D eigenvalue weighted by atomic mass is 19.1. The van der Waals surface area contributed by atoms with Gasteiger partial charge in [-0.2, -0.15) is 0 Å². The first kappa shape index (κ1) is 17.8. The lowest BCUT2D eigenvalue weighted by Gasteiger charge is -2.24. The van der Waals surface area contributed by atoms with Crippen LogP contribution in [0.3, 0.4) is 0 Å². The molecule has 148 valence electrons. The fourth-order valence-electron chi connectivity index (χ4n) is 4.60. The van der Waals surface area contributed by atoms with Crippen molar-refractivity contribution in [1.82, 2.24) is 9.55 Å². The van der Waals surface area contributed by atoms with Crippen LogP contribution in [0.25, 0.3) is 22.3 Å². The van der Waals surface area contributed by atoms with E-state index in [2.05, 4.69) is 4.98 Å². The average molecular weight is 394 g/mol. The third-order valence-electron chi connectivity index (χ3n) is 6.05. The summed E-state index contributed by atoms with van der Waals surface area (Å²) in [5.74, 6) is -1.94. The van der Waals surface area contributed by atoms with Crippen molar-refractivity contribution in [3.63, 3.8) is 0 Å². The van der Waals surface area contributed by atoms with E-state index in [0.29, 0.717) is 52.8 Å². The van der Waals surface area contributed by atoms with Crippen molar-refractivity contribution in [2.45, 2.75) is 45.8 Å². The second-order valence-electron chi connectivity index (χ2n) is 7.52. The van der Waals surface area contributed by atoms with Gasteiger partial charge in [0.2, 0.25) is 0 Å². The molecule has 29 heavy (non-hydrogen) atoms. The van der Waals surface area contributed by atoms with Gasteiger partial charge in [-0.1, -0.05) is 13.8 Å². The Morgan fingerprint density at radius 2 is 2.03 bits per heavy atom. The van der Waals surface area contributed by atoms with Gasteiger partial charge in [-0.15, -0.1) is 0 Å². The molecule has 2 aliphatic heterocycles. The maximum Gasteiger partial charge on any atom is 0.313 e. The zero-order valence-electron chi connectivity index (χ0n) is 16.1. The number of fused-ring (bicyclic) bond motifs is 5. The predicted octanol–water partition coefficient (Wildman–Crippen LogP) is 3.38. The van der Waals surface area contributed by atoms with Gasteiger partial charge < -0.3 is 14.4 Å². The second kappa shape index (κ2) is 6.14. The van der Waals surface area contributed by atoms with Crippen LogP contribution in [0.5, 0.6) is 5.75 Å². The summed E-state index contributed by atoms with van der Waals surface area (Å²) >= 11 is 0. The number of phenols is 1. The molecule has 3 aromatic rings. The quantitative estimate of drug-likeness (QED) is 0.527. The van der Waals surface area contributed by atoms with E-state index < -0.39 is 17.5 Å². The monoisotopic (exact) mass is 394 g/mol. The van der Waals surface area contributed by atoms with Crippen LogP contribution in [0.15, 0.2) is 23.0 Å². The van der Waals surface area contributed by atoms with E-state index in [1.165, 1.54) is 12.1 Å². The summed E-state index contributed by atoms with van der Waals surface area (Å²) in [5, 5.41) is 10.5. The molecule has 0 fully saturated rings. The molecule has 2 aliphatic rings. The Morgan fingerprint density at radius 3 is 2.76 bits per heavy atom. The Hall–Kier alpha value is -3.22. The summed E-state index contributed by atoms with van der Waals surface area (Å²) in [6.07, 6.45) is 1.19. The SMILES string of the molecule is CCc1c2c(nc3cc(F)c(O)cc13)-c1cc3c(c(=O)n1C2)COC(=O)C3CC. The van der Waals surface area contributed by atoms with Crippen LogP contribution in [-0.2, 0) is 29.1 Å². The van der Waals surface area contributed by atoms with Crippen molar-refractivity contribution in [2.75, 3.05) is 0 Å². The number of aromatic hydroxyl groups is 1. The minimum atomic E-state index is -0.735. The van der Waals surface area contributed by atoms with Crippen LogP contribution < -0.4 is 5.56 Å². The van der Waals surface area contributed by atoms with Crippen LogP contribution in [0.1, 0.15) is 48.4 Å². The number of hydrogen-bond donors (Lipinski definition) is 1. The summed E-state index contributed by atoms with van der Waals surface area (Å²) in [6.45, 7) is 4.20. The molecular formula is C22H19FN2O4. The molecule has 6 nitrogen and oxygen atoms in total. The largest absolute Gasteiger partial charge is 0.505 e. The molecule has 7 heteroatoms. The van der Waals surface area contributed by atoms with Gasteiger partial charge in [0, 0.05) is 17.0 Å². The number of hydrogen-bond acceptors (Lipinski definition) is 5. The van der Waals surface area contributed by atoms with Gasteiger partial charge in [0.1, 0.15) is 6.61 Å². The van der Waals surface area contributed by atoms with E-state index in [-0.39, 0.29) is 18.1 Å². The molecule has 4 heterocycles. The minimum Gasteiger partial charge on any atom is -0.505 e. The number of carbonyl (C=O) groups is 1. The van der Waals surface area contributed by atoms with Gasteiger partial charge in [-0.25, -0.2) is 9.37 Å². The maximum absolute atomic E-state index is 14.0. The standard InChI is InChI=1S/C22H19FN2O4/c1-3-10-13-6-19(26)16(23)7-17(13)24-20-14(10)8-25-18(20)5-12-11(4-2)22(28)29-9-15(12)21(25)27/h5-7,11,26H,3-4,8-9H2,1-2H3. The summed E-state index contributed by atoms with van der Waals surface area (Å²) in [4.78, 5) is 30.0. The number of nitrogens with zero attached hydrogens (tertiary/aromatic N) is 2. The smallest absolute Gasteiger partial charge is 0.313 e. The Morgan fingerprint density at radius 1 is 1.24 bits per heavy atom. The van der Waals surface area contributed by atoms with E-state index in [1.807, 2.05) is 19.9 Å². The third-order valence-corrected chi connectivity index (χ3v) is 6.05. The van der Waals surface area contributed by atoms with Crippen LogP contribution in [0, 0.1) is 5.82 Å². The van der Waals surface area contributed by atoms with Crippen molar-refractivity contribution in [3.05, 3.63) is 56.6 Å². The van der Waals surface area contributed by atoms with Crippen molar-refractivity contribution >= 4 is 16.9 Å². The van der Waals surface area contributed by atoms with E-state index in [4.69, 9.17) is 4.74 Å². The highest BCUT2D eigenvalue weighted by Gasteiger charge is 2.34. The second-order valence-corrected chi connectivity index (χ2v) is 7.52. The summed E-state index contributed by atoms with van der Waals surface area (Å²) in [5.41, 5.74) is 4.56. The Balaban J connectivity index is 1.82. The molecule has 0 saturated carbocycles. The lowest BCUT2D eigenvalue weighted by Crippen LogP contribution is -2.32. The normalized spacial score (nSPS) is 17.1. The van der Waals surface area contributed by atoms with Gasteiger partial charge in [0.25, 0.3) is 5.56 Å². The molecule has 0 bridgehead atoms. The van der Waals surface area contributed by atoms with Crippen LogP contribution in [0.4, 0.5) is 4.39 Å². The molecule has 1 atom stereocenters. The zero-order valence-corrected chi connectivity index (χ0v) is 16.1. The van der Waals surface area contributed by atoms with Gasteiger partial charge in [0.15, 0.2) is 11.6 Å². The van der Waals surface area contributed by atoms with Crippen LogP contribution >= 0.6 is 0 Å². The van der Waals surface area contributed by atoms with E-state index in [0.717, 1.165) is 11.1 Å². The van der Waals surface area contributed by atoms with Crippen molar-refractivity contribution < 1.29 is 19.0 Å². The lowest BCUT2D eigenvalue weighted by atomic mass is 9.90. The molecule has 0 spiro atoms. The molecule has 0 aliphatic carbocycles. The van der Waals surface area contributed by atoms with Crippen molar-refractivity contribution in [1.29, 1.82) is 0 Å². The molecule has 1 N–H and O–H groups in total. The first-order valence-electron chi connectivity index (χ1n) is 9.72. The van der Waals surface area contributed by atoms with Crippen molar-refractivity contribution in [2.24, 2.45) is 0 Å². The molecular weight excluding hydrogens is 375 g/mol. The number of aromatic nitrogens is 2. The molecule has 1 aromatic carbocycles. The molecule has 0 radical (unpaired) electrons. The zero-order chi connectivity index (χ0) is 20.4. The average Bonchev–Trinajstić information content (AvgIpc) is 3.06. The predicted molar refractivity (Wildman–Crippen MR) is 104 cm³/mol. The number of rotatable bonds is 2. The number of pyridine rings is 2. The number of benzene rings is 1. The number of halogens is 1. The third kappa shape index (κ3) is 2.36. The van der Waals surface area contributed by atoms with Crippen LogP contribution in [-0.4, -0.2) is 20.6 Å². The van der Waals surface area contributed by atoms with E-state index in [1.54, 1.807) is 4.57 Å². The number of cyclic esters (lactones) is 1. The fraction of sp³-hybridized carbons (Fsp3) is 0.318. The lowest BCUT2D eigenvalue weighted by molar-refractivity contribution is -0.148. The Labute approximate surface area is 165 Å². The summed E-state index contributed by atoms with van der Waals surface area (Å²) < 4.78 is 20.8. The van der Waals surface area contributed by atoms with E-state index >= 15 is 0 Å². The molecule has 0 amide bonds. The highest BCUT2D eigenvalue weighted by molar-refractivity contribution is 5.89. The number of esters is 1. The van der Waals surface area contributed by atoms with Gasteiger partial charge in [0.05, 0.1) is 34.9 Å². The topological polar surface area (TPSA) is 81.4 Å². The molecule has 5 rings (SSSR count). The number of phenolic OH excluding ortho intramolecular Hbond substituents is 1. The summed E-state index contributed by atoms with van der Waals surface area (Å²) in [6, 6.07) is 4.48. The fourth-order valence-corrected chi connectivity index (χ4v) is 4.60. The number of ether oxygens (including phenoxy) is 1. The summed E-state index contributed by atoms with van der Waals surface area (Å²) in [7, 11) is 0. The molecule has 1 unspecified atom stereocenters. The van der Waals surface area contributed by atoms with E-state index in [9.17, 15) is 19.1 Å². The number of aryl methyl sites for hydroxylation is 1. The molecule has 2 aromatic heterocycles. The minimum absolute atomic E-state index is 0.0186. The first-order valence-corrected chi connectivity index (χ1v) is 9.72. The number of carbonyl (C=O) groups excluding carboxylic acids is 1. The maximum atomic E-state index is 14.0. The Bertz CT molecular complexity index is 1280.